The first-order chi connectivity index (χ1) is 20.6. The number of ketones is 2. The predicted molar refractivity (Wildman–Crippen MR) is 165 cm³/mol. The molecule has 0 saturated heterocycles. The number of benzene rings is 2. The number of allylic oxidation sites excluding steroid dienone is 4. The van der Waals surface area contributed by atoms with E-state index in [2.05, 4.69) is 48.5 Å². The molecule has 11 nitrogen and oxygen atoms in total. The zero-order chi connectivity index (χ0) is 32.1. The normalized spacial score (nSPS) is 19.5. The summed E-state index contributed by atoms with van der Waals surface area (Å²) in [6.45, 7) is 9.29. The number of hydrogen-bond acceptors (Lipinski definition) is 9. The van der Waals surface area contributed by atoms with Crippen molar-refractivity contribution < 1.29 is 28.9 Å². The van der Waals surface area contributed by atoms with Gasteiger partial charge in [-0.05, 0) is 63.4 Å². The van der Waals surface area contributed by atoms with Crippen LogP contribution in [-0.2, 0) is 14.3 Å². The monoisotopic (exact) mass is 667 g/mol. The Morgan fingerprint density at radius 2 is 1.43 bits per heavy atom. The van der Waals surface area contributed by atoms with Crippen LogP contribution < -0.4 is 4.74 Å². The minimum Gasteiger partial charge on any atom is -0.449 e. The number of carbonyl (C=O) groups excluding carboxylic acids is 2. The first-order valence-electron chi connectivity index (χ1n) is 14.3. The fraction of sp³-hybridized carbons (Fsp3) is 0.438. The second-order valence-corrected chi connectivity index (χ2v) is 14.0. The lowest BCUT2D eigenvalue weighted by atomic mass is 9.63. The SMILES string of the molecule is COCCN1C2=C(C(=O)CC(C)(C)C2)C(c2ccc(Oc3ccc([N+](=O)[O-])cc3[N+](=O)[O-])c(Br)c2)C2=C1CC(C)(C)CC2=O. The summed E-state index contributed by atoms with van der Waals surface area (Å²) in [6.07, 6.45) is 2.06. The molecule has 0 radical (unpaired) electrons. The molecule has 2 aromatic rings. The van der Waals surface area contributed by atoms with Gasteiger partial charge >= 0.3 is 5.69 Å². The highest BCUT2D eigenvalue weighted by Crippen LogP contribution is 2.55. The van der Waals surface area contributed by atoms with Crippen LogP contribution in [0.25, 0.3) is 0 Å². The lowest BCUT2D eigenvalue weighted by Gasteiger charge is -2.49. The van der Waals surface area contributed by atoms with Gasteiger partial charge < -0.3 is 14.4 Å². The number of halogens is 1. The van der Waals surface area contributed by atoms with Gasteiger partial charge in [0.15, 0.2) is 11.6 Å². The second kappa shape index (κ2) is 11.6. The number of Topliss-reactive ketones (excluding diaryl/α,β-unsaturated/α-hetero) is 2. The van der Waals surface area contributed by atoms with Gasteiger partial charge in [-0.3, -0.25) is 29.8 Å². The molecule has 0 bridgehead atoms. The lowest BCUT2D eigenvalue weighted by molar-refractivity contribution is -0.394. The van der Waals surface area contributed by atoms with Crippen molar-refractivity contribution in [1.82, 2.24) is 4.90 Å². The number of nitro groups is 2. The topological polar surface area (TPSA) is 142 Å². The van der Waals surface area contributed by atoms with Gasteiger partial charge in [-0.1, -0.05) is 33.8 Å². The van der Waals surface area contributed by atoms with Crippen LogP contribution in [0.4, 0.5) is 11.4 Å². The van der Waals surface area contributed by atoms with Gasteiger partial charge in [0.25, 0.3) is 5.69 Å². The summed E-state index contributed by atoms with van der Waals surface area (Å²) in [5.74, 6) is -0.495. The molecule has 0 fully saturated rings. The van der Waals surface area contributed by atoms with Crippen molar-refractivity contribution in [2.45, 2.75) is 59.3 Å². The highest BCUT2D eigenvalue weighted by molar-refractivity contribution is 9.10. The molecule has 2 aliphatic carbocycles. The summed E-state index contributed by atoms with van der Waals surface area (Å²) in [4.78, 5) is 51.4. The molecule has 12 heteroatoms. The zero-order valence-corrected chi connectivity index (χ0v) is 26.9. The first-order valence-corrected chi connectivity index (χ1v) is 15.1. The van der Waals surface area contributed by atoms with E-state index in [-0.39, 0.29) is 33.9 Å². The van der Waals surface area contributed by atoms with Gasteiger partial charge in [0.2, 0.25) is 5.75 Å². The second-order valence-electron chi connectivity index (χ2n) is 13.1. The Kier molecular flexibility index (Phi) is 8.27. The molecule has 0 amide bonds. The number of rotatable bonds is 8. The van der Waals surface area contributed by atoms with E-state index in [0.29, 0.717) is 54.5 Å². The Bertz CT molecular complexity index is 1600. The third-order valence-corrected chi connectivity index (χ3v) is 9.02. The van der Waals surface area contributed by atoms with E-state index in [4.69, 9.17) is 9.47 Å². The van der Waals surface area contributed by atoms with E-state index in [9.17, 15) is 29.8 Å². The van der Waals surface area contributed by atoms with Crippen LogP contribution in [0.2, 0.25) is 0 Å². The fourth-order valence-electron chi connectivity index (χ4n) is 6.58. The molecule has 2 aromatic carbocycles. The van der Waals surface area contributed by atoms with Crippen LogP contribution in [0.3, 0.4) is 0 Å². The molecular formula is C32H34BrN3O8. The summed E-state index contributed by atoms with van der Waals surface area (Å²) < 4.78 is 11.7. The van der Waals surface area contributed by atoms with Crippen LogP contribution in [0, 0.1) is 31.1 Å². The number of ether oxygens (including phenoxy) is 2. The first kappa shape index (κ1) is 31.5. The molecule has 0 atom stereocenters. The number of nitrogens with zero attached hydrogens (tertiary/aromatic N) is 3. The molecule has 0 N–H and O–H groups in total. The van der Waals surface area contributed by atoms with Crippen molar-refractivity contribution in [1.29, 1.82) is 0 Å². The molecule has 44 heavy (non-hydrogen) atoms. The van der Waals surface area contributed by atoms with Gasteiger partial charge in [-0.25, -0.2) is 0 Å². The molecule has 3 aliphatic rings. The van der Waals surface area contributed by atoms with Crippen molar-refractivity contribution in [2.24, 2.45) is 10.8 Å². The van der Waals surface area contributed by atoms with Gasteiger partial charge in [0.1, 0.15) is 5.75 Å². The maximum atomic E-state index is 13.9. The van der Waals surface area contributed by atoms with Gasteiger partial charge in [-0.2, -0.15) is 0 Å². The minimum absolute atomic E-state index is 0.00537. The molecule has 5 rings (SSSR count). The number of carbonyl (C=O) groups is 2. The van der Waals surface area contributed by atoms with E-state index in [1.54, 1.807) is 25.3 Å². The smallest absolute Gasteiger partial charge is 0.318 e. The van der Waals surface area contributed by atoms with E-state index in [1.165, 1.54) is 6.07 Å². The maximum absolute atomic E-state index is 13.9. The highest BCUT2D eigenvalue weighted by Gasteiger charge is 2.49. The number of hydrogen-bond donors (Lipinski definition) is 0. The van der Waals surface area contributed by atoms with Crippen molar-refractivity contribution in [3.63, 3.8) is 0 Å². The van der Waals surface area contributed by atoms with Gasteiger partial charge in [-0.15, -0.1) is 0 Å². The van der Waals surface area contributed by atoms with E-state index in [1.807, 2.05) is 0 Å². The average molecular weight is 669 g/mol. The van der Waals surface area contributed by atoms with Gasteiger partial charge in [0.05, 0.1) is 27.0 Å². The van der Waals surface area contributed by atoms with E-state index in [0.717, 1.165) is 29.1 Å². The van der Waals surface area contributed by atoms with Crippen LogP contribution in [-0.4, -0.2) is 46.6 Å². The maximum Gasteiger partial charge on any atom is 0.318 e. The van der Waals surface area contributed by atoms with E-state index < -0.39 is 27.1 Å². The summed E-state index contributed by atoms with van der Waals surface area (Å²) in [5, 5.41) is 22.8. The molecule has 1 heterocycles. The predicted octanol–water partition coefficient (Wildman–Crippen LogP) is 7.39. The molecule has 0 unspecified atom stereocenters. The largest absolute Gasteiger partial charge is 0.449 e. The summed E-state index contributed by atoms with van der Waals surface area (Å²) in [7, 11) is 1.63. The number of methoxy groups -OCH3 is 1. The minimum atomic E-state index is -0.740. The van der Waals surface area contributed by atoms with Crippen LogP contribution >= 0.6 is 15.9 Å². The molecule has 0 aromatic heterocycles. The fourth-order valence-corrected chi connectivity index (χ4v) is 7.06. The number of nitro benzene ring substituents is 2. The van der Waals surface area contributed by atoms with Crippen molar-refractivity contribution in [2.75, 3.05) is 20.3 Å². The lowest BCUT2D eigenvalue weighted by Crippen LogP contribution is -2.45. The molecule has 232 valence electrons. The van der Waals surface area contributed by atoms with Gasteiger partial charge in [0, 0.05) is 61.0 Å². The van der Waals surface area contributed by atoms with Crippen LogP contribution in [0.1, 0.15) is 64.9 Å². The van der Waals surface area contributed by atoms with Crippen molar-refractivity contribution in [3.8, 4) is 11.5 Å². The Morgan fingerprint density at radius 1 is 0.864 bits per heavy atom. The molecular weight excluding hydrogens is 634 g/mol. The van der Waals surface area contributed by atoms with Crippen molar-refractivity contribution in [3.05, 3.63) is 89.2 Å². The zero-order valence-electron chi connectivity index (χ0n) is 25.3. The Balaban J connectivity index is 1.63. The highest BCUT2D eigenvalue weighted by atomic mass is 79.9. The Morgan fingerprint density at radius 3 is 1.93 bits per heavy atom. The van der Waals surface area contributed by atoms with E-state index >= 15 is 0 Å². The third-order valence-electron chi connectivity index (χ3n) is 8.40. The number of non-ortho nitro benzene ring substituents is 1. The van der Waals surface area contributed by atoms with Crippen LogP contribution in [0.5, 0.6) is 11.5 Å². The average Bonchev–Trinajstić information content (AvgIpc) is 2.91. The Hall–Kier alpha value is -3.90. The molecule has 0 saturated carbocycles. The van der Waals surface area contributed by atoms with Crippen LogP contribution in [0.15, 0.2) is 63.4 Å². The standard InChI is InChI=1S/C32H34BrN3O8/c1-31(2)14-22-29(24(37)16-31)28(30-23(34(22)10-11-43-5)15-32(3,4)17-25(30)38)18-6-8-26(20(33)12-18)44-27-9-7-19(35(39)40)13-21(27)36(41)42/h6-9,12-13,28H,10-11,14-17H2,1-5H3. The summed E-state index contributed by atoms with van der Waals surface area (Å²) in [6, 6.07) is 8.33. The summed E-state index contributed by atoms with van der Waals surface area (Å²) >= 11 is 3.53. The molecule has 0 spiro atoms. The Labute approximate surface area is 263 Å². The summed E-state index contributed by atoms with van der Waals surface area (Å²) in [5.41, 5.74) is 2.34. The quantitative estimate of drug-likeness (QED) is 0.208. The molecule has 1 aliphatic heterocycles. The third kappa shape index (κ3) is 5.92. The van der Waals surface area contributed by atoms with Crippen molar-refractivity contribution >= 4 is 38.9 Å².